The quantitative estimate of drug-likeness (QED) is 0.245. The first kappa shape index (κ1) is 25.3. The van der Waals surface area contributed by atoms with Crippen LogP contribution >= 0.6 is 23.2 Å². The second-order valence-electron chi connectivity index (χ2n) is 8.19. The monoisotopic (exact) mass is 551 g/mol. The fraction of sp³-hybridized carbons (Fsp3) is 0.111. The molecular formula is C27H19Cl2N3O6. The van der Waals surface area contributed by atoms with Crippen molar-refractivity contribution in [1.82, 2.24) is 9.97 Å². The summed E-state index contributed by atoms with van der Waals surface area (Å²) in [5.74, 6) is 0.919. The normalized spacial score (nSPS) is 14.1. The van der Waals surface area contributed by atoms with E-state index in [1.165, 1.54) is 0 Å². The van der Waals surface area contributed by atoms with Gasteiger partial charge in [-0.15, -0.1) is 0 Å². The van der Waals surface area contributed by atoms with E-state index < -0.39 is 18.2 Å². The van der Waals surface area contributed by atoms with Gasteiger partial charge in [0.15, 0.2) is 0 Å². The Balaban J connectivity index is 1.27. The van der Waals surface area contributed by atoms with Crippen LogP contribution in [0.2, 0.25) is 10.0 Å². The van der Waals surface area contributed by atoms with Crippen LogP contribution in [0.15, 0.2) is 72.9 Å². The van der Waals surface area contributed by atoms with Gasteiger partial charge >= 0.3 is 6.16 Å². The molecule has 1 aliphatic rings. The average Bonchev–Trinajstić information content (AvgIpc) is 2.90. The summed E-state index contributed by atoms with van der Waals surface area (Å²) < 4.78 is 16.4. The van der Waals surface area contributed by atoms with Gasteiger partial charge in [-0.3, -0.25) is 10.1 Å². The summed E-state index contributed by atoms with van der Waals surface area (Å²) in [4.78, 5) is 32.3. The molecule has 2 N–H and O–H groups in total. The summed E-state index contributed by atoms with van der Waals surface area (Å²) >= 11 is 12.4. The number of benzene rings is 3. The average molecular weight is 552 g/mol. The Hall–Kier alpha value is -4.34. The Kier molecular flexibility index (Phi) is 7.30. The first-order valence-corrected chi connectivity index (χ1v) is 12.2. The molecule has 192 valence electrons. The van der Waals surface area contributed by atoms with Crippen LogP contribution in [0.25, 0.3) is 11.3 Å². The Morgan fingerprint density at radius 3 is 2.63 bits per heavy atom. The highest BCUT2D eigenvalue weighted by Gasteiger charge is 2.27. The molecule has 0 bridgehead atoms. The highest BCUT2D eigenvalue weighted by molar-refractivity contribution is 6.32. The topological polar surface area (TPSA) is 120 Å². The number of carbonyl (C=O) groups excluding carboxylic acids is 1. The van der Waals surface area contributed by atoms with Crippen molar-refractivity contribution in [3.05, 3.63) is 94.1 Å². The van der Waals surface area contributed by atoms with Gasteiger partial charge in [-0.05, 0) is 48.5 Å². The number of fused-ring (bicyclic) bond motifs is 1. The van der Waals surface area contributed by atoms with Gasteiger partial charge in [0.2, 0.25) is 5.95 Å². The van der Waals surface area contributed by atoms with Crippen LogP contribution in [-0.2, 0) is 4.74 Å². The number of carboxylic acid groups (broad SMARTS) is 1. The third kappa shape index (κ3) is 5.80. The van der Waals surface area contributed by atoms with Gasteiger partial charge in [-0.25, -0.2) is 14.8 Å². The Morgan fingerprint density at radius 1 is 1.05 bits per heavy atom. The van der Waals surface area contributed by atoms with Crippen molar-refractivity contribution < 1.29 is 28.9 Å². The Labute approximate surface area is 226 Å². The van der Waals surface area contributed by atoms with Crippen LogP contribution in [-0.4, -0.2) is 33.7 Å². The van der Waals surface area contributed by atoms with Crippen LogP contribution in [0.1, 0.15) is 28.4 Å². The van der Waals surface area contributed by atoms with E-state index in [2.05, 4.69) is 15.3 Å². The zero-order valence-electron chi connectivity index (χ0n) is 19.6. The number of nitrogens with one attached hydrogen (secondary N) is 1. The number of rotatable bonds is 6. The molecule has 0 aliphatic carbocycles. The molecule has 2 heterocycles. The second-order valence-corrected chi connectivity index (χ2v) is 9.03. The fourth-order valence-corrected chi connectivity index (χ4v) is 4.28. The maximum atomic E-state index is 12.8. The van der Waals surface area contributed by atoms with Crippen LogP contribution in [0, 0.1) is 0 Å². The van der Waals surface area contributed by atoms with Crippen molar-refractivity contribution in [2.45, 2.75) is 12.5 Å². The number of hydrogen-bond donors (Lipinski definition) is 2. The Bertz CT molecular complexity index is 1510. The minimum atomic E-state index is -1.37. The van der Waals surface area contributed by atoms with Crippen molar-refractivity contribution >= 4 is 41.2 Å². The van der Waals surface area contributed by atoms with Gasteiger partial charge < -0.3 is 19.3 Å². The first-order chi connectivity index (χ1) is 18.4. The predicted octanol–water partition coefficient (Wildman–Crippen LogP) is 7.01. The van der Waals surface area contributed by atoms with E-state index >= 15 is 0 Å². The maximum Gasteiger partial charge on any atom is 0.506 e. The molecule has 1 amide bonds. The van der Waals surface area contributed by atoms with E-state index in [0.29, 0.717) is 52.1 Å². The van der Waals surface area contributed by atoms with Crippen LogP contribution < -0.4 is 14.8 Å². The lowest BCUT2D eigenvalue weighted by Gasteiger charge is -2.25. The number of ether oxygens (including phenoxy) is 3. The summed E-state index contributed by atoms with van der Waals surface area (Å²) in [6.45, 7) is 0.293. The van der Waals surface area contributed by atoms with Crippen molar-refractivity contribution in [3.63, 3.8) is 0 Å². The van der Waals surface area contributed by atoms with Crippen molar-refractivity contribution in [2.24, 2.45) is 0 Å². The molecule has 11 heteroatoms. The lowest BCUT2D eigenvalue weighted by atomic mass is 10.0. The van der Waals surface area contributed by atoms with E-state index in [0.717, 1.165) is 5.56 Å². The lowest BCUT2D eigenvalue weighted by molar-refractivity contribution is 0.0326. The smallest absolute Gasteiger partial charge is 0.493 e. The van der Waals surface area contributed by atoms with Gasteiger partial charge in [-0.1, -0.05) is 35.3 Å². The third-order valence-electron chi connectivity index (χ3n) is 5.64. The molecule has 1 aromatic heterocycles. The van der Waals surface area contributed by atoms with Crippen molar-refractivity contribution in [2.75, 3.05) is 11.9 Å². The zero-order chi connectivity index (χ0) is 26.6. The minimum absolute atomic E-state index is 0.152. The molecule has 0 fully saturated rings. The number of anilines is 1. The number of halogens is 2. The molecule has 1 unspecified atom stereocenters. The van der Waals surface area contributed by atoms with Crippen LogP contribution in [0.3, 0.4) is 0 Å². The summed E-state index contributed by atoms with van der Waals surface area (Å²) in [6.07, 6.45) is -0.104. The number of hydrogen-bond acceptors (Lipinski definition) is 7. The summed E-state index contributed by atoms with van der Waals surface area (Å²) in [7, 11) is 0. The first-order valence-electron chi connectivity index (χ1n) is 11.4. The van der Waals surface area contributed by atoms with E-state index in [-0.39, 0.29) is 11.0 Å². The molecule has 9 nitrogen and oxygen atoms in total. The molecule has 0 radical (unpaired) electrons. The van der Waals surface area contributed by atoms with E-state index in [9.17, 15) is 9.59 Å². The molecule has 4 aromatic rings. The van der Waals surface area contributed by atoms with E-state index in [4.69, 9.17) is 42.5 Å². The molecule has 3 aromatic carbocycles. The van der Waals surface area contributed by atoms with E-state index in [1.807, 2.05) is 12.1 Å². The number of nitrogens with zero attached hydrogens (tertiary/aromatic N) is 2. The standard InChI is InChI=1S/C27H19Cl2N3O6/c28-17-3-1-2-16(12-17)21-8-10-30-26(31-21)32-25(33)15-4-6-18(7-5-15)37-24-14-23-19(13-20(24)29)22(9-11-36-23)38-27(34)35/h1-8,10,12-14,22H,9,11H2,(H,34,35)(H,30,31,32,33). The molecule has 0 saturated carbocycles. The van der Waals surface area contributed by atoms with Crippen molar-refractivity contribution in [1.29, 1.82) is 0 Å². The van der Waals surface area contributed by atoms with Gasteiger partial charge in [0.25, 0.3) is 5.91 Å². The van der Waals surface area contributed by atoms with Gasteiger partial charge in [0.1, 0.15) is 23.4 Å². The molecule has 38 heavy (non-hydrogen) atoms. The molecule has 1 atom stereocenters. The molecule has 5 rings (SSSR count). The number of aromatic nitrogens is 2. The van der Waals surface area contributed by atoms with Crippen LogP contribution in [0.5, 0.6) is 17.2 Å². The third-order valence-corrected chi connectivity index (χ3v) is 6.17. The van der Waals surface area contributed by atoms with Gasteiger partial charge in [0, 0.05) is 40.4 Å². The summed E-state index contributed by atoms with van der Waals surface area (Å²) in [5, 5.41) is 12.5. The minimum Gasteiger partial charge on any atom is -0.493 e. The summed E-state index contributed by atoms with van der Waals surface area (Å²) in [5.41, 5.74) is 2.31. The molecular weight excluding hydrogens is 533 g/mol. The fourth-order valence-electron chi connectivity index (χ4n) is 3.88. The van der Waals surface area contributed by atoms with Crippen molar-refractivity contribution in [3.8, 4) is 28.5 Å². The highest BCUT2D eigenvalue weighted by atomic mass is 35.5. The number of amides is 1. The molecule has 0 saturated heterocycles. The zero-order valence-corrected chi connectivity index (χ0v) is 21.1. The van der Waals surface area contributed by atoms with Gasteiger partial charge in [-0.2, -0.15) is 0 Å². The largest absolute Gasteiger partial charge is 0.506 e. The summed E-state index contributed by atoms with van der Waals surface area (Å²) in [6, 6.07) is 18.5. The van der Waals surface area contributed by atoms with Gasteiger partial charge in [0.05, 0.1) is 17.3 Å². The second kappa shape index (κ2) is 11.0. The number of carbonyl (C=O) groups is 2. The highest BCUT2D eigenvalue weighted by Crippen LogP contribution is 2.42. The predicted molar refractivity (Wildman–Crippen MR) is 140 cm³/mol. The Morgan fingerprint density at radius 2 is 1.87 bits per heavy atom. The SMILES string of the molecule is O=C(O)OC1CCOc2cc(Oc3ccc(C(=O)Nc4nccc(-c5cccc(Cl)c5)n4)cc3)c(Cl)cc21. The lowest BCUT2D eigenvalue weighted by Crippen LogP contribution is -2.18. The van der Waals surface area contributed by atoms with E-state index in [1.54, 1.807) is 60.8 Å². The van der Waals surface area contributed by atoms with Crippen LogP contribution in [0.4, 0.5) is 10.7 Å². The molecule has 1 aliphatic heterocycles. The molecule has 0 spiro atoms. The maximum absolute atomic E-state index is 12.8.